The number of hydrogen-bond acceptors (Lipinski definition) is 4. The van der Waals surface area contributed by atoms with E-state index in [9.17, 15) is 0 Å². The van der Waals surface area contributed by atoms with Gasteiger partial charge in [-0.15, -0.1) is 0 Å². The van der Waals surface area contributed by atoms with Gasteiger partial charge < -0.3 is 10.5 Å². The number of methoxy groups -OCH3 is 1. The van der Waals surface area contributed by atoms with Gasteiger partial charge in [0.15, 0.2) is 0 Å². The van der Waals surface area contributed by atoms with E-state index in [1.165, 1.54) is 19.3 Å². The largest absolute Gasteiger partial charge is 0.481 e. The lowest BCUT2D eigenvalue weighted by atomic mass is 9.90. The second kappa shape index (κ2) is 6.16. The zero-order chi connectivity index (χ0) is 13.0. The Balaban J connectivity index is 1.98. The summed E-state index contributed by atoms with van der Waals surface area (Å²) in [5, 5.41) is 0. The zero-order valence-corrected chi connectivity index (χ0v) is 11.3. The maximum absolute atomic E-state index is 6.20. The highest BCUT2D eigenvalue weighted by atomic mass is 16.5. The Labute approximate surface area is 109 Å². The highest BCUT2D eigenvalue weighted by Crippen LogP contribution is 2.22. The number of nitrogens with zero attached hydrogens (tertiary/aromatic N) is 2. The number of hydrogen-bond donors (Lipinski definition) is 1. The zero-order valence-electron chi connectivity index (χ0n) is 11.3. The van der Waals surface area contributed by atoms with E-state index in [4.69, 9.17) is 10.5 Å². The van der Waals surface area contributed by atoms with E-state index < -0.39 is 0 Å². The van der Waals surface area contributed by atoms with E-state index >= 15 is 0 Å². The summed E-state index contributed by atoms with van der Waals surface area (Å²) in [5.74, 6) is 0.675. The Morgan fingerprint density at radius 3 is 2.89 bits per heavy atom. The molecule has 1 saturated carbocycles. The van der Waals surface area contributed by atoms with Gasteiger partial charge in [0.05, 0.1) is 12.8 Å². The molecule has 1 fully saturated rings. The van der Waals surface area contributed by atoms with Gasteiger partial charge >= 0.3 is 0 Å². The summed E-state index contributed by atoms with van der Waals surface area (Å²) in [4.78, 5) is 6.77. The molecule has 0 radical (unpaired) electrons. The van der Waals surface area contributed by atoms with Crippen molar-refractivity contribution in [1.29, 1.82) is 0 Å². The lowest BCUT2D eigenvalue weighted by molar-refractivity contribution is 0.160. The predicted octanol–water partition coefficient (Wildman–Crippen LogP) is 1.79. The van der Waals surface area contributed by atoms with Crippen molar-refractivity contribution in [2.75, 3.05) is 14.2 Å². The van der Waals surface area contributed by atoms with E-state index in [2.05, 4.69) is 16.9 Å². The predicted molar refractivity (Wildman–Crippen MR) is 72.5 cm³/mol. The summed E-state index contributed by atoms with van der Waals surface area (Å²) in [6.07, 6.45) is 4.89. The molecule has 2 unspecified atom stereocenters. The molecule has 1 aromatic rings. The smallest absolute Gasteiger partial charge is 0.213 e. The summed E-state index contributed by atoms with van der Waals surface area (Å²) < 4.78 is 5.15. The number of pyridine rings is 1. The molecule has 1 aliphatic rings. The van der Waals surface area contributed by atoms with Crippen molar-refractivity contribution < 1.29 is 4.74 Å². The topological polar surface area (TPSA) is 51.4 Å². The van der Waals surface area contributed by atoms with Gasteiger partial charge in [-0.25, -0.2) is 4.98 Å². The first kappa shape index (κ1) is 13.3. The van der Waals surface area contributed by atoms with Crippen LogP contribution in [0.1, 0.15) is 31.4 Å². The molecule has 100 valence electrons. The minimum absolute atomic E-state index is 0.300. The van der Waals surface area contributed by atoms with Gasteiger partial charge in [0.1, 0.15) is 0 Å². The minimum atomic E-state index is 0.300. The molecule has 0 amide bonds. The van der Waals surface area contributed by atoms with E-state index in [1.807, 2.05) is 18.2 Å². The lowest BCUT2D eigenvalue weighted by Gasteiger charge is -2.35. The first-order valence-corrected chi connectivity index (χ1v) is 6.66. The molecule has 1 heterocycles. The third-order valence-corrected chi connectivity index (χ3v) is 3.75. The van der Waals surface area contributed by atoms with Gasteiger partial charge in [0, 0.05) is 24.7 Å². The van der Waals surface area contributed by atoms with Gasteiger partial charge in [-0.1, -0.05) is 18.9 Å². The molecule has 1 aliphatic carbocycles. The average molecular weight is 249 g/mol. The monoisotopic (exact) mass is 249 g/mol. The van der Waals surface area contributed by atoms with Crippen LogP contribution in [0.2, 0.25) is 0 Å². The SMILES string of the molecule is COc1cccc(CN(C)C2CCCCC2N)n1. The summed E-state index contributed by atoms with van der Waals surface area (Å²) in [6, 6.07) is 6.67. The summed E-state index contributed by atoms with van der Waals surface area (Å²) in [6.45, 7) is 0.829. The molecule has 0 bridgehead atoms. The van der Waals surface area contributed by atoms with Crippen LogP contribution in [0.4, 0.5) is 0 Å². The van der Waals surface area contributed by atoms with Crippen molar-refractivity contribution in [3.8, 4) is 5.88 Å². The second-order valence-electron chi connectivity index (χ2n) is 5.10. The normalized spacial score (nSPS) is 24.2. The third kappa shape index (κ3) is 3.21. The van der Waals surface area contributed by atoms with Crippen molar-refractivity contribution in [2.45, 2.75) is 44.3 Å². The average Bonchev–Trinajstić information content (AvgIpc) is 2.39. The van der Waals surface area contributed by atoms with Crippen molar-refractivity contribution in [3.63, 3.8) is 0 Å². The second-order valence-corrected chi connectivity index (χ2v) is 5.10. The molecule has 4 heteroatoms. The third-order valence-electron chi connectivity index (χ3n) is 3.75. The van der Waals surface area contributed by atoms with Crippen LogP contribution in [0, 0.1) is 0 Å². The Bertz CT molecular complexity index is 383. The Hall–Kier alpha value is -1.13. The Kier molecular flexibility index (Phi) is 4.55. The molecule has 2 N–H and O–H groups in total. The summed E-state index contributed by atoms with van der Waals surface area (Å²) >= 11 is 0. The van der Waals surface area contributed by atoms with Crippen LogP contribution in [-0.4, -0.2) is 36.1 Å². The van der Waals surface area contributed by atoms with Crippen LogP contribution < -0.4 is 10.5 Å². The van der Waals surface area contributed by atoms with Crippen LogP contribution in [-0.2, 0) is 6.54 Å². The molecule has 2 rings (SSSR count). The number of likely N-dealkylation sites (N-methyl/N-ethyl adjacent to an activating group) is 1. The van der Waals surface area contributed by atoms with Crippen LogP contribution in [0.25, 0.3) is 0 Å². The molecule has 2 atom stereocenters. The van der Waals surface area contributed by atoms with Crippen LogP contribution in [0.3, 0.4) is 0 Å². The lowest BCUT2D eigenvalue weighted by Crippen LogP contribution is -2.47. The molecule has 0 saturated heterocycles. The molecular formula is C14H23N3O. The van der Waals surface area contributed by atoms with Crippen LogP contribution in [0.5, 0.6) is 5.88 Å². The van der Waals surface area contributed by atoms with E-state index in [0.717, 1.165) is 18.7 Å². The minimum Gasteiger partial charge on any atom is -0.481 e. The number of aromatic nitrogens is 1. The van der Waals surface area contributed by atoms with Crippen molar-refractivity contribution in [3.05, 3.63) is 23.9 Å². The van der Waals surface area contributed by atoms with E-state index in [-0.39, 0.29) is 0 Å². The number of rotatable bonds is 4. The quantitative estimate of drug-likeness (QED) is 0.884. The number of ether oxygens (including phenoxy) is 1. The van der Waals surface area contributed by atoms with E-state index in [0.29, 0.717) is 18.0 Å². The Morgan fingerprint density at radius 1 is 1.39 bits per heavy atom. The maximum Gasteiger partial charge on any atom is 0.213 e. The highest BCUT2D eigenvalue weighted by molar-refractivity contribution is 5.15. The highest BCUT2D eigenvalue weighted by Gasteiger charge is 2.25. The number of nitrogens with two attached hydrogens (primary N) is 1. The molecule has 0 aliphatic heterocycles. The van der Waals surface area contributed by atoms with Gasteiger partial charge in [-0.3, -0.25) is 4.90 Å². The van der Waals surface area contributed by atoms with Gasteiger partial charge in [-0.05, 0) is 26.0 Å². The van der Waals surface area contributed by atoms with Gasteiger partial charge in [-0.2, -0.15) is 0 Å². The first-order chi connectivity index (χ1) is 8.70. The molecule has 4 nitrogen and oxygen atoms in total. The fraction of sp³-hybridized carbons (Fsp3) is 0.643. The van der Waals surface area contributed by atoms with E-state index in [1.54, 1.807) is 7.11 Å². The Morgan fingerprint density at radius 2 is 2.17 bits per heavy atom. The molecule has 0 aromatic carbocycles. The van der Waals surface area contributed by atoms with Gasteiger partial charge in [0.2, 0.25) is 5.88 Å². The van der Waals surface area contributed by atoms with Crippen molar-refractivity contribution >= 4 is 0 Å². The van der Waals surface area contributed by atoms with Crippen LogP contribution >= 0.6 is 0 Å². The molecule has 1 aromatic heterocycles. The fourth-order valence-electron chi connectivity index (χ4n) is 2.72. The van der Waals surface area contributed by atoms with Crippen LogP contribution in [0.15, 0.2) is 18.2 Å². The molecule has 0 spiro atoms. The first-order valence-electron chi connectivity index (χ1n) is 6.66. The summed E-state index contributed by atoms with van der Waals surface area (Å²) in [7, 11) is 3.78. The van der Waals surface area contributed by atoms with Crippen molar-refractivity contribution in [2.24, 2.45) is 5.73 Å². The summed E-state index contributed by atoms with van der Waals surface area (Å²) in [5.41, 5.74) is 7.24. The molecular weight excluding hydrogens is 226 g/mol. The van der Waals surface area contributed by atoms with Gasteiger partial charge in [0.25, 0.3) is 0 Å². The van der Waals surface area contributed by atoms with Crippen molar-refractivity contribution in [1.82, 2.24) is 9.88 Å². The molecule has 18 heavy (non-hydrogen) atoms. The fourth-order valence-corrected chi connectivity index (χ4v) is 2.72. The maximum atomic E-state index is 6.20. The standard InChI is InChI=1S/C14H23N3O/c1-17(13-8-4-3-7-12(13)15)10-11-6-5-9-14(16-11)18-2/h5-6,9,12-13H,3-4,7-8,10,15H2,1-2H3.